The fourth-order valence-electron chi connectivity index (χ4n) is 3.62. The van der Waals surface area contributed by atoms with Gasteiger partial charge in [-0.3, -0.25) is 9.78 Å². The molecule has 0 spiro atoms. The van der Waals surface area contributed by atoms with Crippen LogP contribution in [0.2, 0.25) is 0 Å². The van der Waals surface area contributed by atoms with Crippen molar-refractivity contribution in [2.75, 3.05) is 27.2 Å². The summed E-state index contributed by atoms with van der Waals surface area (Å²) < 4.78 is 27.3. The fourth-order valence-corrected chi connectivity index (χ4v) is 4.78. The van der Waals surface area contributed by atoms with Crippen LogP contribution < -0.4 is 5.32 Å². The van der Waals surface area contributed by atoms with E-state index in [0.29, 0.717) is 25.6 Å². The number of hydrogen-bond acceptors (Lipinski definition) is 4. The molecule has 1 saturated heterocycles. The van der Waals surface area contributed by atoms with Crippen LogP contribution in [0.3, 0.4) is 0 Å². The lowest BCUT2D eigenvalue weighted by Gasteiger charge is -2.49. The molecule has 7 nitrogen and oxygen atoms in total. The van der Waals surface area contributed by atoms with Crippen molar-refractivity contribution in [1.29, 1.82) is 0 Å². The first kappa shape index (κ1) is 17.3. The Hall–Kier alpha value is -1.51. The summed E-state index contributed by atoms with van der Waals surface area (Å²) >= 11 is 0. The Morgan fingerprint density at radius 2 is 2.25 bits per heavy atom. The van der Waals surface area contributed by atoms with E-state index in [2.05, 4.69) is 10.3 Å². The molecule has 0 radical (unpaired) electrons. The number of nitrogens with zero attached hydrogens (tertiary/aromatic N) is 3. The van der Waals surface area contributed by atoms with E-state index in [-0.39, 0.29) is 17.7 Å². The molecule has 3 atom stereocenters. The van der Waals surface area contributed by atoms with Crippen molar-refractivity contribution in [2.24, 2.45) is 17.8 Å². The summed E-state index contributed by atoms with van der Waals surface area (Å²) in [6, 6.07) is 3.76. The fraction of sp³-hybridized carbons (Fsp3) is 0.625. The highest BCUT2D eigenvalue weighted by molar-refractivity contribution is 7.86. The molecule has 1 aliphatic carbocycles. The Morgan fingerprint density at radius 1 is 1.46 bits per heavy atom. The maximum absolute atomic E-state index is 12.4. The van der Waals surface area contributed by atoms with Gasteiger partial charge in [0.1, 0.15) is 0 Å². The van der Waals surface area contributed by atoms with Crippen LogP contribution in [0.15, 0.2) is 24.5 Å². The van der Waals surface area contributed by atoms with Crippen LogP contribution in [0.4, 0.5) is 0 Å². The number of amides is 1. The first-order valence-corrected chi connectivity index (χ1v) is 9.63. The molecule has 1 aromatic heterocycles. The van der Waals surface area contributed by atoms with Gasteiger partial charge in [0, 0.05) is 52.0 Å². The van der Waals surface area contributed by atoms with Gasteiger partial charge in [-0.25, -0.2) is 0 Å². The molecule has 2 fully saturated rings. The molecule has 1 saturated carbocycles. The van der Waals surface area contributed by atoms with E-state index in [1.165, 1.54) is 8.61 Å². The third-order valence-electron chi connectivity index (χ3n) is 5.16. The van der Waals surface area contributed by atoms with E-state index in [1.54, 1.807) is 26.5 Å². The number of pyridine rings is 1. The van der Waals surface area contributed by atoms with Crippen LogP contribution in [0.1, 0.15) is 18.4 Å². The number of carbonyl (C=O) groups excluding carboxylic acids is 1. The highest BCUT2D eigenvalue weighted by Gasteiger charge is 2.49. The molecule has 8 heteroatoms. The number of rotatable bonds is 5. The maximum atomic E-state index is 12.4. The van der Waals surface area contributed by atoms with Gasteiger partial charge in [-0.05, 0) is 36.3 Å². The van der Waals surface area contributed by atoms with Crippen LogP contribution in [-0.2, 0) is 21.5 Å². The summed E-state index contributed by atoms with van der Waals surface area (Å²) in [6.07, 6.45) is 5.13. The van der Waals surface area contributed by atoms with Crippen molar-refractivity contribution in [3.63, 3.8) is 0 Å². The normalized spacial score (nSPS) is 27.4. The molecule has 0 aromatic carbocycles. The number of hydrogen-bond donors (Lipinski definition) is 1. The number of piperidine rings is 1. The number of aromatic nitrogens is 1. The molecule has 3 rings (SSSR count). The van der Waals surface area contributed by atoms with Gasteiger partial charge >= 0.3 is 0 Å². The summed E-state index contributed by atoms with van der Waals surface area (Å²) in [4.78, 5) is 16.5. The van der Waals surface area contributed by atoms with Gasteiger partial charge in [-0.2, -0.15) is 17.0 Å². The minimum Gasteiger partial charge on any atom is -0.352 e. The van der Waals surface area contributed by atoms with Crippen LogP contribution >= 0.6 is 0 Å². The van der Waals surface area contributed by atoms with Gasteiger partial charge < -0.3 is 5.32 Å². The van der Waals surface area contributed by atoms with Crippen LogP contribution in [-0.4, -0.2) is 55.1 Å². The average Bonchev–Trinajstić information content (AvgIpc) is 2.54. The predicted octanol–water partition coefficient (Wildman–Crippen LogP) is 0.462. The third-order valence-corrected chi connectivity index (χ3v) is 7.06. The maximum Gasteiger partial charge on any atom is 0.281 e. The van der Waals surface area contributed by atoms with E-state index in [1.807, 2.05) is 12.1 Å². The van der Waals surface area contributed by atoms with Crippen molar-refractivity contribution < 1.29 is 13.2 Å². The molecule has 0 bridgehead atoms. The zero-order valence-corrected chi connectivity index (χ0v) is 14.9. The number of nitrogens with one attached hydrogen (secondary N) is 1. The minimum atomic E-state index is -3.40. The zero-order chi connectivity index (χ0) is 17.3. The van der Waals surface area contributed by atoms with E-state index in [9.17, 15) is 13.2 Å². The van der Waals surface area contributed by atoms with Crippen molar-refractivity contribution in [1.82, 2.24) is 18.9 Å². The van der Waals surface area contributed by atoms with Gasteiger partial charge in [-0.1, -0.05) is 6.07 Å². The lowest BCUT2D eigenvalue weighted by molar-refractivity contribution is -0.135. The number of carbonyl (C=O) groups is 1. The van der Waals surface area contributed by atoms with E-state index < -0.39 is 10.2 Å². The standard InChI is InChI=1S/C16H24N4O3S/c1-19(2)24(22,23)20-7-5-13-8-14(15(13)11-20)16(21)18-10-12-4-3-6-17-9-12/h3-4,6,9,13-15H,5,7-8,10-11H2,1-2H3,(H,18,21)/t13-,14-,15-/m1/s1. The average molecular weight is 352 g/mol. The van der Waals surface area contributed by atoms with E-state index in [4.69, 9.17) is 0 Å². The first-order chi connectivity index (χ1) is 11.4. The molecule has 1 amide bonds. The molecule has 1 aliphatic heterocycles. The second kappa shape index (κ2) is 6.78. The highest BCUT2D eigenvalue weighted by atomic mass is 32.2. The Morgan fingerprint density at radius 3 is 2.92 bits per heavy atom. The van der Waals surface area contributed by atoms with Crippen LogP contribution in [0.5, 0.6) is 0 Å². The van der Waals surface area contributed by atoms with Crippen molar-refractivity contribution in [3.05, 3.63) is 30.1 Å². The molecular formula is C16H24N4O3S. The van der Waals surface area contributed by atoms with Gasteiger partial charge in [0.05, 0.1) is 0 Å². The summed E-state index contributed by atoms with van der Waals surface area (Å²) in [6.45, 7) is 1.45. The van der Waals surface area contributed by atoms with Gasteiger partial charge in [-0.15, -0.1) is 0 Å². The molecule has 0 unspecified atom stereocenters. The second-order valence-corrected chi connectivity index (χ2v) is 8.92. The smallest absolute Gasteiger partial charge is 0.281 e. The van der Waals surface area contributed by atoms with E-state index in [0.717, 1.165) is 18.4 Å². The SMILES string of the molecule is CN(C)S(=O)(=O)N1CC[C@@H]2C[C@@H](C(=O)NCc3cccnc3)[C@@H]2C1. The van der Waals surface area contributed by atoms with Crippen molar-refractivity contribution in [2.45, 2.75) is 19.4 Å². The summed E-state index contributed by atoms with van der Waals surface area (Å²) in [5, 5.41) is 2.95. The molecule has 1 N–H and O–H groups in total. The number of fused-ring (bicyclic) bond motifs is 1. The van der Waals surface area contributed by atoms with Crippen molar-refractivity contribution >= 4 is 16.1 Å². The van der Waals surface area contributed by atoms with Crippen molar-refractivity contribution in [3.8, 4) is 0 Å². The molecule has 1 aromatic rings. The van der Waals surface area contributed by atoms with Gasteiger partial charge in [0.25, 0.3) is 10.2 Å². The molecular weight excluding hydrogens is 328 g/mol. The highest BCUT2D eigenvalue weighted by Crippen LogP contribution is 2.46. The quantitative estimate of drug-likeness (QED) is 0.835. The molecule has 24 heavy (non-hydrogen) atoms. The molecule has 132 valence electrons. The van der Waals surface area contributed by atoms with E-state index >= 15 is 0 Å². The van der Waals surface area contributed by atoms with Gasteiger partial charge in [0.15, 0.2) is 0 Å². The van der Waals surface area contributed by atoms with Crippen LogP contribution in [0.25, 0.3) is 0 Å². The largest absolute Gasteiger partial charge is 0.352 e. The minimum absolute atomic E-state index is 0.0178. The lowest BCUT2D eigenvalue weighted by Crippen LogP contribution is -2.57. The van der Waals surface area contributed by atoms with Gasteiger partial charge in [0.2, 0.25) is 5.91 Å². The summed E-state index contributed by atoms with van der Waals surface area (Å²) in [5.74, 6) is 0.520. The van der Waals surface area contributed by atoms with Crippen LogP contribution in [0, 0.1) is 17.8 Å². The monoisotopic (exact) mass is 352 g/mol. The summed E-state index contributed by atoms with van der Waals surface area (Å²) in [5.41, 5.74) is 0.960. The second-order valence-electron chi connectivity index (χ2n) is 6.78. The predicted molar refractivity (Wildman–Crippen MR) is 90.0 cm³/mol. The summed E-state index contributed by atoms with van der Waals surface area (Å²) in [7, 11) is -0.316. The topological polar surface area (TPSA) is 82.6 Å². The Labute approximate surface area is 143 Å². The Bertz CT molecular complexity index is 693. The Kier molecular flexibility index (Phi) is 4.89. The first-order valence-electron chi connectivity index (χ1n) is 8.24. The molecule has 2 aliphatic rings. The zero-order valence-electron chi connectivity index (χ0n) is 14.1. The molecule has 2 heterocycles. The third kappa shape index (κ3) is 3.31. The lowest BCUT2D eigenvalue weighted by atomic mass is 9.61. The Balaban J connectivity index is 1.58.